The number of benzene rings is 2. The quantitative estimate of drug-likeness (QED) is 0.798. The molecule has 0 aliphatic heterocycles. The number of amides is 1. The lowest BCUT2D eigenvalue weighted by molar-refractivity contribution is 0.0824. The van der Waals surface area contributed by atoms with Gasteiger partial charge < -0.3 is 4.90 Å². The number of hydrogen-bond acceptors (Lipinski definition) is 2. The molecule has 0 saturated heterocycles. The summed E-state index contributed by atoms with van der Waals surface area (Å²) < 4.78 is 12.9. The molecule has 2 aromatic carbocycles. The van der Waals surface area contributed by atoms with Crippen LogP contribution in [0.25, 0.3) is 0 Å². The molecule has 2 nitrogen and oxygen atoms in total. The molecule has 0 spiro atoms. The van der Waals surface area contributed by atoms with Gasteiger partial charge in [0.1, 0.15) is 5.82 Å². The second kappa shape index (κ2) is 6.57. The van der Waals surface area contributed by atoms with Crippen LogP contribution in [0.4, 0.5) is 4.39 Å². The predicted octanol–water partition coefficient (Wildman–Crippen LogP) is 3.82. The average Bonchev–Trinajstić information content (AvgIpc) is 2.46. The lowest BCUT2D eigenvalue weighted by atomic mass is 10.2. The first-order chi connectivity index (χ1) is 9.58. The first kappa shape index (κ1) is 14.6. The molecule has 2 rings (SSSR count). The van der Waals surface area contributed by atoms with Crippen LogP contribution in [0, 0.1) is 5.82 Å². The number of hydrogen-bond donors (Lipinski definition) is 0. The highest BCUT2D eigenvalue weighted by atomic mass is 32.2. The van der Waals surface area contributed by atoms with Crippen molar-refractivity contribution in [1.82, 2.24) is 4.90 Å². The molecule has 0 radical (unpaired) electrons. The van der Waals surface area contributed by atoms with Crippen molar-refractivity contribution in [3.8, 4) is 0 Å². The molecule has 0 aliphatic rings. The number of carbonyl (C=O) groups is 1. The van der Waals surface area contributed by atoms with Gasteiger partial charge in [-0.25, -0.2) is 4.39 Å². The summed E-state index contributed by atoms with van der Waals surface area (Å²) >= 11 is 1.58. The summed E-state index contributed by atoms with van der Waals surface area (Å²) in [6, 6.07) is 14.0. The van der Waals surface area contributed by atoms with Crippen molar-refractivity contribution >= 4 is 17.7 Å². The van der Waals surface area contributed by atoms with Crippen LogP contribution in [0.5, 0.6) is 0 Å². The van der Waals surface area contributed by atoms with Crippen LogP contribution in [0.15, 0.2) is 53.4 Å². The van der Waals surface area contributed by atoms with Crippen LogP contribution in [0.2, 0.25) is 0 Å². The van der Waals surface area contributed by atoms with Gasteiger partial charge in [0.25, 0.3) is 5.91 Å². The Balaban J connectivity index is 2.13. The SMILES string of the molecule is CN(C)C(=O)c1ccccc1SCc1ccc(F)cc1. The zero-order valence-corrected chi connectivity index (χ0v) is 12.3. The Labute approximate surface area is 122 Å². The molecule has 20 heavy (non-hydrogen) atoms. The molecule has 0 aromatic heterocycles. The van der Waals surface area contributed by atoms with Crippen LogP contribution in [0.3, 0.4) is 0 Å². The summed E-state index contributed by atoms with van der Waals surface area (Å²) in [5.74, 6) is 0.465. The summed E-state index contributed by atoms with van der Waals surface area (Å²) in [5, 5.41) is 0. The molecule has 0 unspecified atom stereocenters. The lowest BCUT2D eigenvalue weighted by Gasteiger charge is -2.13. The molecule has 2 aromatic rings. The Morgan fingerprint density at radius 2 is 1.75 bits per heavy atom. The third kappa shape index (κ3) is 3.61. The Hall–Kier alpha value is -1.81. The van der Waals surface area contributed by atoms with Gasteiger partial charge in [-0.3, -0.25) is 4.79 Å². The van der Waals surface area contributed by atoms with Crippen LogP contribution in [0.1, 0.15) is 15.9 Å². The van der Waals surface area contributed by atoms with Crippen LogP contribution in [-0.4, -0.2) is 24.9 Å². The molecule has 0 N–H and O–H groups in total. The minimum absolute atomic E-state index is 0.00722. The van der Waals surface area contributed by atoms with Gasteiger partial charge >= 0.3 is 0 Å². The van der Waals surface area contributed by atoms with Gasteiger partial charge in [-0.15, -0.1) is 11.8 Å². The predicted molar refractivity (Wildman–Crippen MR) is 80.4 cm³/mol. The summed E-state index contributed by atoms with van der Waals surface area (Å²) in [4.78, 5) is 14.6. The van der Waals surface area contributed by atoms with E-state index in [1.54, 1.807) is 42.9 Å². The number of nitrogens with zero attached hydrogens (tertiary/aromatic N) is 1. The second-order valence-electron chi connectivity index (χ2n) is 4.61. The van der Waals surface area contributed by atoms with E-state index in [0.29, 0.717) is 11.3 Å². The minimum Gasteiger partial charge on any atom is -0.345 e. The molecule has 0 aliphatic carbocycles. The van der Waals surface area contributed by atoms with E-state index in [2.05, 4.69) is 0 Å². The maximum atomic E-state index is 12.9. The van der Waals surface area contributed by atoms with Crippen LogP contribution < -0.4 is 0 Å². The van der Waals surface area contributed by atoms with Crippen molar-refractivity contribution in [3.05, 3.63) is 65.5 Å². The topological polar surface area (TPSA) is 20.3 Å². The molecular formula is C16H16FNOS. The van der Waals surface area contributed by atoms with Crippen molar-refractivity contribution in [3.63, 3.8) is 0 Å². The number of rotatable bonds is 4. The molecule has 4 heteroatoms. The second-order valence-corrected chi connectivity index (χ2v) is 5.63. The van der Waals surface area contributed by atoms with Crippen LogP contribution in [-0.2, 0) is 5.75 Å². The third-order valence-electron chi connectivity index (χ3n) is 2.83. The summed E-state index contributed by atoms with van der Waals surface area (Å²) in [6.07, 6.45) is 0. The highest BCUT2D eigenvalue weighted by Crippen LogP contribution is 2.27. The molecule has 0 saturated carbocycles. The fourth-order valence-corrected chi connectivity index (χ4v) is 2.75. The first-order valence-electron chi connectivity index (χ1n) is 6.26. The summed E-state index contributed by atoms with van der Waals surface area (Å²) in [7, 11) is 3.48. The van der Waals surface area contributed by atoms with Gasteiger partial charge in [-0.1, -0.05) is 24.3 Å². The molecule has 0 atom stereocenters. The summed E-state index contributed by atoms with van der Waals surface area (Å²) in [6.45, 7) is 0. The molecular weight excluding hydrogens is 273 g/mol. The van der Waals surface area contributed by atoms with Gasteiger partial charge in [-0.2, -0.15) is 0 Å². The third-order valence-corrected chi connectivity index (χ3v) is 3.98. The summed E-state index contributed by atoms with van der Waals surface area (Å²) in [5.41, 5.74) is 1.73. The van der Waals surface area contributed by atoms with E-state index in [4.69, 9.17) is 0 Å². The van der Waals surface area contributed by atoms with Gasteiger partial charge in [0.05, 0.1) is 5.56 Å². The number of thioether (sulfide) groups is 1. The van der Waals surface area contributed by atoms with E-state index in [-0.39, 0.29) is 11.7 Å². The van der Waals surface area contributed by atoms with Crippen LogP contribution >= 0.6 is 11.8 Å². The monoisotopic (exact) mass is 289 g/mol. The van der Waals surface area contributed by atoms with E-state index >= 15 is 0 Å². The molecule has 0 heterocycles. The average molecular weight is 289 g/mol. The Morgan fingerprint density at radius 1 is 1.10 bits per heavy atom. The fraction of sp³-hybridized carbons (Fsp3) is 0.188. The maximum Gasteiger partial charge on any atom is 0.254 e. The highest BCUT2D eigenvalue weighted by molar-refractivity contribution is 7.98. The zero-order chi connectivity index (χ0) is 14.5. The van der Waals surface area contributed by atoms with E-state index in [1.807, 2.05) is 24.3 Å². The lowest BCUT2D eigenvalue weighted by Crippen LogP contribution is -2.22. The standard InChI is InChI=1S/C16H16FNOS/c1-18(2)16(19)14-5-3-4-6-15(14)20-11-12-7-9-13(17)10-8-12/h3-10H,11H2,1-2H3. The molecule has 0 fully saturated rings. The Bertz CT molecular complexity index is 596. The normalized spacial score (nSPS) is 10.3. The van der Waals surface area contributed by atoms with Crippen molar-refractivity contribution in [1.29, 1.82) is 0 Å². The van der Waals surface area contributed by atoms with Gasteiger partial charge in [0.2, 0.25) is 0 Å². The Kier molecular flexibility index (Phi) is 4.79. The van der Waals surface area contributed by atoms with E-state index in [1.165, 1.54) is 12.1 Å². The molecule has 0 bridgehead atoms. The fourth-order valence-electron chi connectivity index (χ4n) is 1.75. The minimum atomic E-state index is -0.234. The van der Waals surface area contributed by atoms with Gasteiger partial charge in [0.15, 0.2) is 0 Å². The van der Waals surface area contributed by atoms with E-state index < -0.39 is 0 Å². The molecule has 1 amide bonds. The largest absolute Gasteiger partial charge is 0.345 e. The maximum absolute atomic E-state index is 12.9. The highest BCUT2D eigenvalue weighted by Gasteiger charge is 2.12. The van der Waals surface area contributed by atoms with Crippen molar-refractivity contribution in [2.24, 2.45) is 0 Å². The number of carbonyl (C=O) groups excluding carboxylic acids is 1. The van der Waals surface area contributed by atoms with Gasteiger partial charge in [0, 0.05) is 24.7 Å². The Morgan fingerprint density at radius 3 is 2.40 bits per heavy atom. The van der Waals surface area contributed by atoms with E-state index in [0.717, 1.165) is 10.5 Å². The van der Waals surface area contributed by atoms with Gasteiger partial charge in [-0.05, 0) is 29.8 Å². The first-order valence-corrected chi connectivity index (χ1v) is 7.24. The van der Waals surface area contributed by atoms with E-state index in [9.17, 15) is 9.18 Å². The van der Waals surface area contributed by atoms with Crippen molar-refractivity contribution in [2.75, 3.05) is 14.1 Å². The molecule has 104 valence electrons. The zero-order valence-electron chi connectivity index (χ0n) is 11.5. The number of halogens is 1. The smallest absolute Gasteiger partial charge is 0.254 e. The van der Waals surface area contributed by atoms with Crippen molar-refractivity contribution < 1.29 is 9.18 Å². The van der Waals surface area contributed by atoms with Crippen molar-refractivity contribution in [2.45, 2.75) is 10.6 Å².